The fraction of sp³-hybridized carbons (Fsp3) is 0.615. The van der Waals surface area contributed by atoms with Gasteiger partial charge in [-0.05, 0) is 5.41 Å². The first-order valence-electron chi connectivity index (χ1n) is 6.54. The van der Waals surface area contributed by atoms with Crippen molar-refractivity contribution < 1.29 is 9.26 Å². The molecule has 0 amide bonds. The van der Waals surface area contributed by atoms with E-state index in [-0.39, 0.29) is 11.5 Å². The fourth-order valence-corrected chi connectivity index (χ4v) is 2.03. The van der Waals surface area contributed by atoms with Gasteiger partial charge < -0.3 is 19.6 Å². The Balaban J connectivity index is 2.23. The van der Waals surface area contributed by atoms with E-state index in [9.17, 15) is 0 Å². The molecule has 2 heterocycles. The van der Waals surface area contributed by atoms with Crippen LogP contribution in [0.5, 0.6) is 0 Å². The van der Waals surface area contributed by atoms with E-state index >= 15 is 0 Å². The maximum Gasteiger partial charge on any atom is 0.278 e. The van der Waals surface area contributed by atoms with Gasteiger partial charge in [0.25, 0.3) is 5.89 Å². The highest BCUT2D eigenvalue weighted by Crippen LogP contribution is 2.34. The SMILES string of the molecule is COC(c1noc(-c2cn(CCN)cn2)n1)C(C)(C)C. The predicted octanol–water partition coefficient (Wildman–Crippen LogP) is 1.63. The molecule has 0 bridgehead atoms. The van der Waals surface area contributed by atoms with E-state index < -0.39 is 0 Å². The van der Waals surface area contributed by atoms with E-state index in [4.69, 9.17) is 15.0 Å². The van der Waals surface area contributed by atoms with Crippen molar-refractivity contribution in [1.82, 2.24) is 19.7 Å². The zero-order valence-corrected chi connectivity index (χ0v) is 12.3. The van der Waals surface area contributed by atoms with E-state index in [0.717, 1.165) is 0 Å². The molecule has 0 aliphatic carbocycles. The summed E-state index contributed by atoms with van der Waals surface area (Å²) in [7, 11) is 1.64. The molecule has 0 radical (unpaired) electrons. The highest BCUT2D eigenvalue weighted by Gasteiger charge is 2.30. The van der Waals surface area contributed by atoms with Crippen molar-refractivity contribution in [2.45, 2.75) is 33.4 Å². The maximum absolute atomic E-state index is 5.50. The summed E-state index contributed by atoms with van der Waals surface area (Å²) in [5.41, 5.74) is 6.03. The molecule has 20 heavy (non-hydrogen) atoms. The van der Waals surface area contributed by atoms with Crippen molar-refractivity contribution in [2.75, 3.05) is 13.7 Å². The Morgan fingerprint density at radius 1 is 1.45 bits per heavy atom. The molecule has 0 saturated carbocycles. The van der Waals surface area contributed by atoms with E-state index in [1.54, 1.807) is 13.4 Å². The van der Waals surface area contributed by atoms with Crippen LogP contribution in [0.3, 0.4) is 0 Å². The molecule has 7 nitrogen and oxygen atoms in total. The first kappa shape index (κ1) is 14.7. The molecule has 1 atom stereocenters. The van der Waals surface area contributed by atoms with Crippen molar-refractivity contribution in [1.29, 1.82) is 0 Å². The van der Waals surface area contributed by atoms with Crippen LogP contribution >= 0.6 is 0 Å². The highest BCUT2D eigenvalue weighted by atomic mass is 16.5. The quantitative estimate of drug-likeness (QED) is 0.894. The maximum atomic E-state index is 5.50. The summed E-state index contributed by atoms with van der Waals surface area (Å²) in [5.74, 6) is 0.922. The molecular formula is C13H21N5O2. The van der Waals surface area contributed by atoms with Gasteiger partial charge in [-0.1, -0.05) is 25.9 Å². The Morgan fingerprint density at radius 2 is 2.20 bits per heavy atom. The molecule has 0 aliphatic rings. The molecule has 1 unspecified atom stereocenters. The number of aromatic nitrogens is 4. The van der Waals surface area contributed by atoms with Crippen LogP contribution in [-0.4, -0.2) is 33.3 Å². The number of nitrogens with two attached hydrogens (primary N) is 1. The van der Waals surface area contributed by atoms with Crippen LogP contribution < -0.4 is 5.73 Å². The molecule has 7 heteroatoms. The van der Waals surface area contributed by atoms with Gasteiger partial charge in [0, 0.05) is 26.4 Å². The lowest BCUT2D eigenvalue weighted by Crippen LogP contribution is -2.21. The molecule has 2 rings (SSSR count). The largest absolute Gasteiger partial charge is 0.373 e. The van der Waals surface area contributed by atoms with Gasteiger partial charge in [0.05, 0.1) is 6.33 Å². The fourth-order valence-electron chi connectivity index (χ4n) is 2.03. The number of rotatable bonds is 5. The van der Waals surface area contributed by atoms with Crippen LogP contribution in [-0.2, 0) is 11.3 Å². The molecular weight excluding hydrogens is 258 g/mol. The van der Waals surface area contributed by atoms with E-state index in [2.05, 4.69) is 35.9 Å². The number of ether oxygens (including phenoxy) is 1. The van der Waals surface area contributed by atoms with Crippen LogP contribution in [0.4, 0.5) is 0 Å². The summed E-state index contributed by atoms with van der Waals surface area (Å²) >= 11 is 0. The average Bonchev–Trinajstić information content (AvgIpc) is 2.97. The Labute approximate surface area is 118 Å². The summed E-state index contributed by atoms with van der Waals surface area (Å²) in [5, 5.41) is 4.00. The first-order valence-corrected chi connectivity index (χ1v) is 6.54. The van der Waals surface area contributed by atoms with Gasteiger partial charge in [-0.15, -0.1) is 0 Å². The van der Waals surface area contributed by atoms with Crippen LogP contribution in [0.15, 0.2) is 17.0 Å². The van der Waals surface area contributed by atoms with Gasteiger partial charge in [-0.3, -0.25) is 0 Å². The van der Waals surface area contributed by atoms with Crippen molar-refractivity contribution >= 4 is 0 Å². The summed E-state index contributed by atoms with van der Waals surface area (Å²) in [4.78, 5) is 8.62. The van der Waals surface area contributed by atoms with Gasteiger partial charge in [0.15, 0.2) is 0 Å². The van der Waals surface area contributed by atoms with Gasteiger partial charge in [0.2, 0.25) is 5.82 Å². The van der Waals surface area contributed by atoms with E-state index in [0.29, 0.717) is 30.5 Å². The Bertz CT molecular complexity index is 555. The second-order valence-electron chi connectivity index (χ2n) is 5.72. The molecule has 2 aromatic heterocycles. The topological polar surface area (TPSA) is 92.0 Å². The number of nitrogens with zero attached hydrogens (tertiary/aromatic N) is 4. The smallest absolute Gasteiger partial charge is 0.278 e. The average molecular weight is 279 g/mol. The summed E-state index contributed by atoms with van der Waals surface area (Å²) < 4.78 is 12.6. The van der Waals surface area contributed by atoms with Crippen molar-refractivity contribution in [3.05, 3.63) is 18.3 Å². The Kier molecular flexibility index (Phi) is 4.20. The third-order valence-electron chi connectivity index (χ3n) is 2.94. The minimum Gasteiger partial charge on any atom is -0.373 e. The van der Waals surface area contributed by atoms with E-state index in [1.807, 2.05) is 10.8 Å². The number of hydrogen-bond acceptors (Lipinski definition) is 6. The number of imidazole rings is 1. The third kappa shape index (κ3) is 3.05. The Hall–Kier alpha value is -1.73. The molecule has 0 spiro atoms. The molecule has 2 N–H and O–H groups in total. The van der Waals surface area contributed by atoms with Gasteiger partial charge in [-0.2, -0.15) is 4.98 Å². The minimum absolute atomic E-state index is 0.116. The van der Waals surface area contributed by atoms with Crippen molar-refractivity contribution in [3.8, 4) is 11.6 Å². The van der Waals surface area contributed by atoms with Crippen LogP contribution in [0.25, 0.3) is 11.6 Å². The lowest BCUT2D eigenvalue weighted by molar-refractivity contribution is 0.00718. The molecule has 0 aromatic carbocycles. The lowest BCUT2D eigenvalue weighted by atomic mass is 9.88. The summed E-state index contributed by atoms with van der Waals surface area (Å²) in [6.07, 6.45) is 3.30. The van der Waals surface area contributed by atoms with Gasteiger partial charge in [-0.25, -0.2) is 4.98 Å². The van der Waals surface area contributed by atoms with Crippen LogP contribution in [0.2, 0.25) is 0 Å². The predicted molar refractivity (Wildman–Crippen MR) is 73.8 cm³/mol. The number of hydrogen-bond donors (Lipinski definition) is 1. The Morgan fingerprint density at radius 3 is 2.80 bits per heavy atom. The first-order chi connectivity index (χ1) is 9.45. The second kappa shape index (κ2) is 5.72. The molecule has 2 aromatic rings. The summed E-state index contributed by atoms with van der Waals surface area (Å²) in [6.45, 7) is 7.45. The summed E-state index contributed by atoms with van der Waals surface area (Å²) in [6, 6.07) is 0. The third-order valence-corrected chi connectivity index (χ3v) is 2.94. The van der Waals surface area contributed by atoms with Gasteiger partial charge >= 0.3 is 0 Å². The number of methoxy groups -OCH3 is 1. The van der Waals surface area contributed by atoms with Crippen molar-refractivity contribution in [3.63, 3.8) is 0 Å². The van der Waals surface area contributed by atoms with Crippen LogP contribution in [0, 0.1) is 5.41 Å². The van der Waals surface area contributed by atoms with E-state index in [1.165, 1.54) is 0 Å². The van der Waals surface area contributed by atoms with Crippen LogP contribution in [0.1, 0.15) is 32.7 Å². The zero-order valence-electron chi connectivity index (χ0n) is 12.3. The monoisotopic (exact) mass is 279 g/mol. The molecule has 0 aliphatic heterocycles. The highest BCUT2D eigenvalue weighted by molar-refractivity contribution is 5.44. The standard InChI is InChI=1S/C13H21N5O2/c1-13(2,3)10(19-4)11-16-12(20-17-11)9-7-18(6-5-14)8-15-9/h7-8,10H,5-6,14H2,1-4H3. The molecule has 0 fully saturated rings. The zero-order chi connectivity index (χ0) is 14.8. The van der Waals surface area contributed by atoms with Crippen molar-refractivity contribution in [2.24, 2.45) is 11.1 Å². The molecule has 110 valence electrons. The lowest BCUT2D eigenvalue weighted by Gasteiger charge is -2.26. The second-order valence-corrected chi connectivity index (χ2v) is 5.72. The minimum atomic E-state index is -0.230. The van der Waals surface area contributed by atoms with Gasteiger partial charge in [0.1, 0.15) is 11.8 Å². The normalized spacial score (nSPS) is 13.7. The molecule has 0 saturated heterocycles.